The van der Waals surface area contributed by atoms with Crippen LogP contribution in [0.15, 0.2) is 42.5 Å². The molecule has 82 valence electrons. The second kappa shape index (κ2) is 6.84. The number of benzene rings is 1. The molecule has 0 spiro atoms. The highest BCUT2D eigenvalue weighted by atomic mass is 79.9. The molecule has 0 saturated heterocycles. The molecule has 0 aromatic heterocycles. The van der Waals surface area contributed by atoms with E-state index in [0.29, 0.717) is 4.83 Å². The van der Waals surface area contributed by atoms with Crippen molar-refractivity contribution in [2.45, 2.75) is 37.4 Å². The van der Waals surface area contributed by atoms with Crippen LogP contribution >= 0.6 is 15.9 Å². The summed E-state index contributed by atoms with van der Waals surface area (Å²) in [5.74, 6) is 0. The molecule has 0 amide bonds. The fraction of sp³-hybridized carbons (Fsp3) is 0.429. The second-order valence-corrected chi connectivity index (χ2v) is 4.98. The summed E-state index contributed by atoms with van der Waals surface area (Å²) in [4.78, 5) is 0.489. The van der Waals surface area contributed by atoms with Crippen LogP contribution in [0.1, 0.15) is 43.0 Å². The van der Waals surface area contributed by atoms with E-state index in [4.69, 9.17) is 0 Å². The van der Waals surface area contributed by atoms with Crippen LogP contribution in [0.5, 0.6) is 0 Å². The van der Waals surface area contributed by atoms with Crippen LogP contribution in [0.2, 0.25) is 0 Å². The zero-order valence-corrected chi connectivity index (χ0v) is 11.0. The van der Waals surface area contributed by atoms with Crippen molar-refractivity contribution in [1.29, 1.82) is 0 Å². The van der Waals surface area contributed by atoms with E-state index in [0.717, 1.165) is 12.8 Å². The lowest BCUT2D eigenvalue weighted by atomic mass is 10.0. The van der Waals surface area contributed by atoms with Crippen molar-refractivity contribution < 1.29 is 0 Å². The van der Waals surface area contributed by atoms with Gasteiger partial charge in [-0.25, -0.2) is 0 Å². The molecule has 0 nitrogen and oxygen atoms in total. The first-order valence-corrected chi connectivity index (χ1v) is 6.51. The average Bonchev–Trinajstić information content (AvgIpc) is 2.29. The van der Waals surface area contributed by atoms with Gasteiger partial charge in [0.2, 0.25) is 0 Å². The lowest BCUT2D eigenvalue weighted by Gasteiger charge is -2.10. The van der Waals surface area contributed by atoms with Gasteiger partial charge in [-0.3, -0.25) is 0 Å². The molecule has 1 aromatic rings. The summed E-state index contributed by atoms with van der Waals surface area (Å²) in [6.07, 6.45) is 4.67. The standard InChI is InChI=1S/C14H19Br/c1-3-12(2)8-7-11-14(15)13-9-5-4-6-10-13/h4-6,9-10,14H,2-3,7-8,11H2,1H3. The Morgan fingerprint density at radius 3 is 2.60 bits per heavy atom. The van der Waals surface area contributed by atoms with Crippen LogP contribution in [0, 0.1) is 0 Å². The molecule has 1 aromatic carbocycles. The van der Waals surface area contributed by atoms with Crippen molar-refractivity contribution in [2.75, 3.05) is 0 Å². The third-order valence-electron chi connectivity index (χ3n) is 2.65. The number of hydrogen-bond donors (Lipinski definition) is 0. The normalized spacial score (nSPS) is 12.4. The average molecular weight is 267 g/mol. The molecule has 0 radical (unpaired) electrons. The Labute approximate surface area is 102 Å². The first-order chi connectivity index (χ1) is 7.24. The first-order valence-electron chi connectivity index (χ1n) is 5.59. The summed E-state index contributed by atoms with van der Waals surface area (Å²) < 4.78 is 0. The third-order valence-corrected chi connectivity index (χ3v) is 3.64. The minimum Gasteiger partial charge on any atom is -0.0999 e. The summed E-state index contributed by atoms with van der Waals surface area (Å²) in [6.45, 7) is 6.20. The highest BCUT2D eigenvalue weighted by Gasteiger charge is 2.05. The van der Waals surface area contributed by atoms with E-state index in [1.165, 1.54) is 24.0 Å². The summed E-state index contributed by atoms with van der Waals surface area (Å²) >= 11 is 3.73. The zero-order chi connectivity index (χ0) is 11.1. The maximum atomic E-state index is 4.03. The Balaban J connectivity index is 2.31. The minimum atomic E-state index is 0.489. The topological polar surface area (TPSA) is 0 Å². The summed E-state index contributed by atoms with van der Waals surface area (Å²) in [5, 5.41) is 0. The van der Waals surface area contributed by atoms with Gasteiger partial charge in [0, 0.05) is 4.83 Å². The number of alkyl halides is 1. The molecule has 0 heterocycles. The molecule has 0 bridgehead atoms. The maximum Gasteiger partial charge on any atom is 0.0395 e. The van der Waals surface area contributed by atoms with Gasteiger partial charge in [-0.05, 0) is 31.2 Å². The van der Waals surface area contributed by atoms with Crippen LogP contribution in [0.4, 0.5) is 0 Å². The van der Waals surface area contributed by atoms with E-state index in [1.54, 1.807) is 0 Å². The van der Waals surface area contributed by atoms with E-state index >= 15 is 0 Å². The van der Waals surface area contributed by atoms with Crippen LogP contribution in [0.3, 0.4) is 0 Å². The predicted molar refractivity (Wildman–Crippen MR) is 71.4 cm³/mol. The van der Waals surface area contributed by atoms with Gasteiger partial charge in [0.1, 0.15) is 0 Å². The lowest BCUT2D eigenvalue weighted by molar-refractivity contribution is 0.714. The van der Waals surface area contributed by atoms with E-state index in [2.05, 4.69) is 59.8 Å². The highest BCUT2D eigenvalue weighted by Crippen LogP contribution is 2.28. The van der Waals surface area contributed by atoms with Crippen molar-refractivity contribution in [3.05, 3.63) is 48.0 Å². The number of halogens is 1. The Kier molecular flexibility index (Phi) is 5.70. The van der Waals surface area contributed by atoms with Gasteiger partial charge in [0.05, 0.1) is 0 Å². The molecule has 0 aliphatic carbocycles. The number of hydrogen-bond acceptors (Lipinski definition) is 0. The van der Waals surface area contributed by atoms with Crippen LogP contribution in [0.25, 0.3) is 0 Å². The third kappa shape index (κ3) is 4.65. The van der Waals surface area contributed by atoms with E-state index in [9.17, 15) is 0 Å². The van der Waals surface area contributed by atoms with Gasteiger partial charge in [-0.15, -0.1) is 0 Å². The molecule has 15 heavy (non-hydrogen) atoms. The first kappa shape index (κ1) is 12.5. The van der Waals surface area contributed by atoms with Crippen molar-refractivity contribution in [3.8, 4) is 0 Å². The SMILES string of the molecule is C=C(CC)CCCC(Br)c1ccccc1. The minimum absolute atomic E-state index is 0.489. The van der Waals surface area contributed by atoms with E-state index < -0.39 is 0 Å². The molecule has 0 aliphatic rings. The molecule has 0 saturated carbocycles. The lowest BCUT2D eigenvalue weighted by Crippen LogP contribution is -1.90. The maximum absolute atomic E-state index is 4.03. The largest absolute Gasteiger partial charge is 0.0999 e. The Hall–Kier alpha value is -0.560. The highest BCUT2D eigenvalue weighted by molar-refractivity contribution is 9.09. The van der Waals surface area contributed by atoms with Gasteiger partial charge in [-0.2, -0.15) is 0 Å². The van der Waals surface area contributed by atoms with Gasteiger partial charge in [0.25, 0.3) is 0 Å². The van der Waals surface area contributed by atoms with Crippen LogP contribution in [-0.2, 0) is 0 Å². The molecule has 0 fully saturated rings. The van der Waals surface area contributed by atoms with Gasteiger partial charge in [0.15, 0.2) is 0 Å². The molecule has 0 N–H and O–H groups in total. The molecular formula is C14H19Br. The van der Waals surface area contributed by atoms with Gasteiger partial charge < -0.3 is 0 Å². The fourth-order valence-corrected chi connectivity index (χ4v) is 2.17. The fourth-order valence-electron chi connectivity index (χ4n) is 1.54. The zero-order valence-electron chi connectivity index (χ0n) is 9.38. The monoisotopic (exact) mass is 266 g/mol. The smallest absolute Gasteiger partial charge is 0.0395 e. The Bertz CT molecular complexity index is 289. The number of allylic oxidation sites excluding steroid dienone is 1. The van der Waals surface area contributed by atoms with Crippen molar-refractivity contribution in [2.24, 2.45) is 0 Å². The predicted octanol–water partition coefficient (Wildman–Crippen LogP) is 5.26. The summed E-state index contributed by atoms with van der Waals surface area (Å²) in [7, 11) is 0. The van der Waals surface area contributed by atoms with Crippen molar-refractivity contribution >= 4 is 15.9 Å². The molecule has 0 aliphatic heterocycles. The van der Waals surface area contributed by atoms with Crippen molar-refractivity contribution in [1.82, 2.24) is 0 Å². The molecule has 1 rings (SSSR count). The molecule has 1 atom stereocenters. The van der Waals surface area contributed by atoms with E-state index in [-0.39, 0.29) is 0 Å². The Morgan fingerprint density at radius 2 is 2.00 bits per heavy atom. The summed E-state index contributed by atoms with van der Waals surface area (Å²) in [5.41, 5.74) is 2.74. The number of rotatable bonds is 6. The molecular weight excluding hydrogens is 248 g/mol. The molecule has 1 heteroatoms. The van der Waals surface area contributed by atoms with Gasteiger partial charge in [-0.1, -0.05) is 65.3 Å². The Morgan fingerprint density at radius 1 is 1.33 bits per heavy atom. The quantitative estimate of drug-likeness (QED) is 0.487. The van der Waals surface area contributed by atoms with E-state index in [1.807, 2.05) is 0 Å². The van der Waals surface area contributed by atoms with Gasteiger partial charge >= 0.3 is 0 Å². The van der Waals surface area contributed by atoms with Crippen LogP contribution in [-0.4, -0.2) is 0 Å². The summed E-state index contributed by atoms with van der Waals surface area (Å²) in [6, 6.07) is 10.6. The van der Waals surface area contributed by atoms with Crippen molar-refractivity contribution in [3.63, 3.8) is 0 Å². The molecule has 1 unspecified atom stereocenters. The second-order valence-electron chi connectivity index (χ2n) is 3.87. The van der Waals surface area contributed by atoms with Crippen LogP contribution < -0.4 is 0 Å².